The molecule has 0 aliphatic heterocycles. The zero-order chi connectivity index (χ0) is 15.6. The number of ether oxygens (including phenoxy) is 1. The number of benzene rings is 2. The molecule has 0 aliphatic carbocycles. The fraction of sp³-hybridized carbons (Fsp3) is 0.0714. The van der Waals surface area contributed by atoms with Gasteiger partial charge in [0.25, 0.3) is 5.91 Å². The number of amides is 1. The molecule has 0 aromatic heterocycles. The molecular formula is C14H11F3N2O2. The van der Waals surface area contributed by atoms with E-state index in [9.17, 15) is 18.0 Å². The molecule has 0 radical (unpaired) electrons. The van der Waals surface area contributed by atoms with E-state index in [2.05, 4.69) is 0 Å². The van der Waals surface area contributed by atoms with Gasteiger partial charge in [-0.05, 0) is 30.3 Å². The maximum Gasteiger partial charge on any atom is 0.418 e. The molecule has 0 saturated heterocycles. The van der Waals surface area contributed by atoms with E-state index < -0.39 is 23.3 Å². The number of rotatable bonds is 3. The van der Waals surface area contributed by atoms with E-state index in [0.29, 0.717) is 0 Å². The first-order valence-corrected chi connectivity index (χ1v) is 5.82. The molecule has 21 heavy (non-hydrogen) atoms. The van der Waals surface area contributed by atoms with Crippen LogP contribution in [0.5, 0.6) is 11.5 Å². The number of nitrogen functional groups attached to an aromatic ring is 1. The van der Waals surface area contributed by atoms with Gasteiger partial charge < -0.3 is 16.2 Å². The van der Waals surface area contributed by atoms with E-state index in [0.717, 1.165) is 12.1 Å². The molecule has 7 heteroatoms. The van der Waals surface area contributed by atoms with Gasteiger partial charge in [-0.25, -0.2) is 0 Å². The smallest absolute Gasteiger partial charge is 0.418 e. The molecule has 2 aromatic carbocycles. The summed E-state index contributed by atoms with van der Waals surface area (Å²) in [4.78, 5) is 11.2. The van der Waals surface area contributed by atoms with E-state index in [-0.39, 0.29) is 17.1 Å². The lowest BCUT2D eigenvalue weighted by molar-refractivity contribution is -0.137. The van der Waals surface area contributed by atoms with E-state index in [1.807, 2.05) is 0 Å². The third kappa shape index (κ3) is 3.25. The summed E-state index contributed by atoms with van der Waals surface area (Å²) < 4.78 is 43.6. The molecule has 2 aromatic rings. The highest BCUT2D eigenvalue weighted by atomic mass is 19.4. The quantitative estimate of drug-likeness (QED) is 0.854. The molecule has 0 spiro atoms. The van der Waals surface area contributed by atoms with Gasteiger partial charge in [0.05, 0.1) is 11.1 Å². The summed E-state index contributed by atoms with van der Waals surface area (Å²) in [6.45, 7) is 0. The number of carbonyl (C=O) groups is 1. The van der Waals surface area contributed by atoms with Crippen molar-refractivity contribution in [2.24, 2.45) is 5.73 Å². The summed E-state index contributed by atoms with van der Waals surface area (Å²) in [7, 11) is 0. The molecule has 0 unspecified atom stereocenters. The van der Waals surface area contributed by atoms with Gasteiger partial charge in [0, 0.05) is 5.69 Å². The molecule has 2 rings (SSSR count). The van der Waals surface area contributed by atoms with Gasteiger partial charge in [-0.3, -0.25) is 4.79 Å². The average Bonchev–Trinajstić information content (AvgIpc) is 2.40. The Morgan fingerprint density at radius 1 is 1.10 bits per heavy atom. The molecule has 0 saturated carbocycles. The lowest BCUT2D eigenvalue weighted by atomic mass is 10.1. The maximum absolute atomic E-state index is 12.8. The molecule has 0 bridgehead atoms. The maximum atomic E-state index is 12.8. The molecular weight excluding hydrogens is 285 g/mol. The fourth-order valence-electron chi connectivity index (χ4n) is 1.73. The Morgan fingerprint density at radius 2 is 1.76 bits per heavy atom. The molecule has 0 heterocycles. The number of hydrogen-bond donors (Lipinski definition) is 2. The molecule has 110 valence electrons. The van der Waals surface area contributed by atoms with Gasteiger partial charge in [0.2, 0.25) is 0 Å². The standard InChI is InChI=1S/C14H11F3N2O2/c15-14(16,17)10-7-8(5-6-11(10)18)21-12-4-2-1-3-9(12)13(19)20/h1-7H,18H2,(H2,19,20). The van der Waals surface area contributed by atoms with Gasteiger partial charge in [0.15, 0.2) is 0 Å². The second-order valence-corrected chi connectivity index (χ2v) is 4.21. The first-order valence-electron chi connectivity index (χ1n) is 5.82. The van der Waals surface area contributed by atoms with E-state index >= 15 is 0 Å². The Kier molecular flexibility index (Phi) is 3.75. The minimum atomic E-state index is -4.59. The molecule has 0 aliphatic rings. The van der Waals surface area contributed by atoms with Crippen LogP contribution in [0.15, 0.2) is 42.5 Å². The van der Waals surface area contributed by atoms with E-state index in [1.54, 1.807) is 12.1 Å². The van der Waals surface area contributed by atoms with Gasteiger partial charge in [0.1, 0.15) is 11.5 Å². The summed E-state index contributed by atoms with van der Waals surface area (Å²) in [5.74, 6) is -0.759. The SMILES string of the molecule is NC(=O)c1ccccc1Oc1ccc(N)c(C(F)(F)F)c1. The number of anilines is 1. The lowest BCUT2D eigenvalue weighted by Gasteiger charge is -2.13. The highest BCUT2D eigenvalue weighted by Crippen LogP contribution is 2.37. The number of halogens is 3. The number of para-hydroxylation sites is 1. The molecule has 4 nitrogen and oxygen atoms in total. The van der Waals surface area contributed by atoms with Crippen molar-refractivity contribution in [1.82, 2.24) is 0 Å². The van der Waals surface area contributed by atoms with Crippen LogP contribution in [0.25, 0.3) is 0 Å². The van der Waals surface area contributed by atoms with Crippen LogP contribution in [0.4, 0.5) is 18.9 Å². The lowest BCUT2D eigenvalue weighted by Crippen LogP contribution is -2.12. The van der Waals surface area contributed by atoms with Crippen LogP contribution in [0.1, 0.15) is 15.9 Å². The van der Waals surface area contributed by atoms with Crippen LogP contribution in [-0.2, 0) is 6.18 Å². The van der Waals surface area contributed by atoms with Crippen LogP contribution >= 0.6 is 0 Å². The van der Waals surface area contributed by atoms with Crippen molar-refractivity contribution >= 4 is 11.6 Å². The van der Waals surface area contributed by atoms with Crippen molar-refractivity contribution in [3.8, 4) is 11.5 Å². The van der Waals surface area contributed by atoms with Crippen LogP contribution in [0, 0.1) is 0 Å². The number of primary amides is 1. The topological polar surface area (TPSA) is 78.3 Å². The van der Waals surface area contributed by atoms with Crippen LogP contribution in [0.2, 0.25) is 0 Å². The summed E-state index contributed by atoms with van der Waals surface area (Å²) in [5, 5.41) is 0. The van der Waals surface area contributed by atoms with Crippen molar-refractivity contribution in [3.63, 3.8) is 0 Å². The minimum Gasteiger partial charge on any atom is -0.457 e. The molecule has 0 atom stereocenters. The van der Waals surface area contributed by atoms with Crippen molar-refractivity contribution in [1.29, 1.82) is 0 Å². The normalized spacial score (nSPS) is 11.2. The summed E-state index contributed by atoms with van der Waals surface area (Å²) in [6.07, 6.45) is -4.59. The van der Waals surface area contributed by atoms with Crippen molar-refractivity contribution in [2.75, 3.05) is 5.73 Å². The predicted molar refractivity (Wildman–Crippen MR) is 70.9 cm³/mol. The minimum absolute atomic E-state index is 0.0721. The van der Waals surface area contributed by atoms with Crippen molar-refractivity contribution in [3.05, 3.63) is 53.6 Å². The Bertz CT molecular complexity index is 684. The first-order chi connectivity index (χ1) is 9.79. The number of alkyl halides is 3. The zero-order valence-electron chi connectivity index (χ0n) is 10.6. The highest BCUT2D eigenvalue weighted by Gasteiger charge is 2.33. The summed E-state index contributed by atoms with van der Waals surface area (Å²) in [5.41, 5.74) is 9.13. The average molecular weight is 296 g/mol. The van der Waals surface area contributed by atoms with Gasteiger partial charge in [-0.2, -0.15) is 13.2 Å². The zero-order valence-corrected chi connectivity index (χ0v) is 10.6. The largest absolute Gasteiger partial charge is 0.457 e. The fourth-order valence-corrected chi connectivity index (χ4v) is 1.73. The van der Waals surface area contributed by atoms with Crippen LogP contribution in [0.3, 0.4) is 0 Å². The molecule has 1 amide bonds. The Labute approximate surface area is 118 Å². The van der Waals surface area contributed by atoms with E-state index in [4.69, 9.17) is 16.2 Å². The van der Waals surface area contributed by atoms with Crippen LogP contribution < -0.4 is 16.2 Å². The van der Waals surface area contributed by atoms with Gasteiger partial charge in [-0.1, -0.05) is 12.1 Å². The monoisotopic (exact) mass is 296 g/mol. The van der Waals surface area contributed by atoms with Gasteiger partial charge in [-0.15, -0.1) is 0 Å². The molecule has 0 fully saturated rings. The van der Waals surface area contributed by atoms with Gasteiger partial charge >= 0.3 is 6.18 Å². The second kappa shape index (κ2) is 5.35. The van der Waals surface area contributed by atoms with Crippen molar-refractivity contribution < 1.29 is 22.7 Å². The first kappa shape index (κ1) is 14.7. The van der Waals surface area contributed by atoms with Crippen molar-refractivity contribution in [2.45, 2.75) is 6.18 Å². The van der Waals surface area contributed by atoms with E-state index in [1.165, 1.54) is 18.2 Å². The summed E-state index contributed by atoms with van der Waals surface area (Å²) in [6, 6.07) is 9.13. The highest BCUT2D eigenvalue weighted by molar-refractivity contribution is 5.95. The van der Waals surface area contributed by atoms with Crippen LogP contribution in [-0.4, -0.2) is 5.91 Å². The number of carbonyl (C=O) groups excluding carboxylic acids is 1. The predicted octanol–water partition coefficient (Wildman–Crippen LogP) is 3.18. The Morgan fingerprint density at radius 3 is 2.38 bits per heavy atom. The second-order valence-electron chi connectivity index (χ2n) is 4.21. The number of hydrogen-bond acceptors (Lipinski definition) is 3. The summed E-state index contributed by atoms with van der Waals surface area (Å²) >= 11 is 0. The third-order valence-corrected chi connectivity index (χ3v) is 2.71. The Balaban J connectivity index is 2.40. The molecule has 4 N–H and O–H groups in total. The number of nitrogens with two attached hydrogens (primary N) is 2. The third-order valence-electron chi connectivity index (χ3n) is 2.71. The Hall–Kier alpha value is -2.70.